The number of carbonyl (C=O) groups excluding carboxylic acids is 2. The van der Waals surface area contributed by atoms with Crippen molar-refractivity contribution in [2.24, 2.45) is 5.73 Å². The molecular formula is C16H20N4O3. The van der Waals surface area contributed by atoms with E-state index in [-0.39, 0.29) is 12.3 Å². The van der Waals surface area contributed by atoms with E-state index < -0.39 is 12.1 Å². The molecule has 23 heavy (non-hydrogen) atoms. The van der Waals surface area contributed by atoms with E-state index in [0.29, 0.717) is 18.0 Å². The van der Waals surface area contributed by atoms with Gasteiger partial charge in [0.25, 0.3) is 0 Å². The summed E-state index contributed by atoms with van der Waals surface area (Å²) in [7, 11) is 1.68. The Morgan fingerprint density at radius 3 is 2.61 bits per heavy atom. The molecule has 0 aliphatic carbocycles. The molecule has 0 aliphatic heterocycles. The third kappa shape index (κ3) is 4.84. The quantitative estimate of drug-likeness (QED) is 0.847. The van der Waals surface area contributed by atoms with Crippen LogP contribution in [0.2, 0.25) is 0 Å². The van der Waals surface area contributed by atoms with E-state index in [1.807, 2.05) is 30.3 Å². The number of urea groups is 1. The number of nitrogens with one attached hydrogen (secondary N) is 1. The van der Waals surface area contributed by atoms with Crippen molar-refractivity contribution < 1.29 is 14.1 Å². The van der Waals surface area contributed by atoms with Gasteiger partial charge in [0.05, 0.1) is 19.0 Å². The Morgan fingerprint density at radius 1 is 1.35 bits per heavy atom. The summed E-state index contributed by atoms with van der Waals surface area (Å²) in [6, 6.07) is 9.88. The van der Waals surface area contributed by atoms with Gasteiger partial charge < -0.3 is 20.5 Å². The molecule has 0 radical (unpaired) electrons. The van der Waals surface area contributed by atoms with Crippen LogP contribution in [-0.4, -0.2) is 29.0 Å². The standard InChI is InChI=1S/C16H20N4O3/c1-11-8-13(19-23-11)10-20(2)15(21)9-14(18-16(17)22)12-6-4-3-5-7-12/h3-8,14H,9-10H2,1-2H3,(H3,17,18,22)/t14-/m0/s1. The molecule has 1 aromatic carbocycles. The molecular weight excluding hydrogens is 296 g/mol. The summed E-state index contributed by atoms with van der Waals surface area (Å²) >= 11 is 0. The molecule has 2 aromatic rings. The Labute approximate surface area is 134 Å². The molecule has 1 heterocycles. The van der Waals surface area contributed by atoms with Crippen LogP contribution in [0.3, 0.4) is 0 Å². The van der Waals surface area contributed by atoms with Crippen LogP contribution in [0.1, 0.15) is 29.5 Å². The lowest BCUT2D eigenvalue weighted by Crippen LogP contribution is -2.37. The fraction of sp³-hybridized carbons (Fsp3) is 0.312. The first kappa shape index (κ1) is 16.5. The number of rotatable bonds is 6. The maximum absolute atomic E-state index is 12.4. The van der Waals surface area contributed by atoms with Gasteiger partial charge in [-0.1, -0.05) is 35.5 Å². The van der Waals surface area contributed by atoms with Gasteiger partial charge in [0.15, 0.2) is 0 Å². The average Bonchev–Trinajstić information content (AvgIpc) is 2.92. The van der Waals surface area contributed by atoms with E-state index >= 15 is 0 Å². The zero-order valence-electron chi connectivity index (χ0n) is 13.2. The summed E-state index contributed by atoms with van der Waals surface area (Å²) in [4.78, 5) is 25.1. The van der Waals surface area contributed by atoms with Gasteiger partial charge in [0, 0.05) is 13.1 Å². The molecule has 2 rings (SSSR count). The van der Waals surface area contributed by atoms with Crippen molar-refractivity contribution in [2.75, 3.05) is 7.05 Å². The van der Waals surface area contributed by atoms with Gasteiger partial charge in [0.2, 0.25) is 5.91 Å². The third-order valence-electron chi connectivity index (χ3n) is 3.40. The van der Waals surface area contributed by atoms with Gasteiger partial charge in [-0.2, -0.15) is 0 Å². The van der Waals surface area contributed by atoms with Gasteiger partial charge >= 0.3 is 6.03 Å². The van der Waals surface area contributed by atoms with Crippen molar-refractivity contribution in [3.05, 3.63) is 53.4 Å². The molecule has 0 fully saturated rings. The Hall–Kier alpha value is -2.83. The predicted molar refractivity (Wildman–Crippen MR) is 84.2 cm³/mol. The minimum absolute atomic E-state index is 0.111. The van der Waals surface area contributed by atoms with Gasteiger partial charge in [0.1, 0.15) is 11.5 Å². The Bertz CT molecular complexity index is 669. The second kappa shape index (κ2) is 7.44. The van der Waals surface area contributed by atoms with Crippen molar-refractivity contribution in [1.29, 1.82) is 0 Å². The topological polar surface area (TPSA) is 101 Å². The number of nitrogens with zero attached hydrogens (tertiary/aromatic N) is 2. The highest BCUT2D eigenvalue weighted by molar-refractivity contribution is 5.78. The number of primary amides is 1. The lowest BCUT2D eigenvalue weighted by Gasteiger charge is -2.21. The summed E-state index contributed by atoms with van der Waals surface area (Å²) in [5, 5.41) is 6.47. The minimum atomic E-state index is -0.665. The van der Waals surface area contributed by atoms with E-state index in [4.69, 9.17) is 10.3 Å². The molecule has 1 aromatic heterocycles. The molecule has 7 nitrogen and oxygen atoms in total. The smallest absolute Gasteiger partial charge is 0.312 e. The average molecular weight is 316 g/mol. The number of benzene rings is 1. The van der Waals surface area contributed by atoms with Crippen LogP contribution in [0.25, 0.3) is 0 Å². The van der Waals surface area contributed by atoms with E-state index in [9.17, 15) is 9.59 Å². The molecule has 0 saturated heterocycles. The SMILES string of the molecule is Cc1cc(CN(C)C(=O)C[C@H](NC(N)=O)c2ccccc2)no1. The first-order valence-electron chi connectivity index (χ1n) is 7.23. The van der Waals surface area contributed by atoms with Crippen molar-refractivity contribution in [2.45, 2.75) is 25.9 Å². The number of aromatic nitrogens is 1. The molecule has 0 spiro atoms. The minimum Gasteiger partial charge on any atom is -0.361 e. The molecule has 0 unspecified atom stereocenters. The van der Waals surface area contributed by atoms with Crippen LogP contribution < -0.4 is 11.1 Å². The number of hydrogen-bond acceptors (Lipinski definition) is 4. The van der Waals surface area contributed by atoms with Crippen LogP contribution in [0, 0.1) is 6.92 Å². The molecule has 0 saturated carbocycles. The van der Waals surface area contributed by atoms with Crippen molar-refractivity contribution in [3.8, 4) is 0 Å². The molecule has 1 atom stereocenters. The fourth-order valence-electron chi connectivity index (χ4n) is 2.26. The van der Waals surface area contributed by atoms with E-state index in [1.165, 1.54) is 4.90 Å². The largest absolute Gasteiger partial charge is 0.361 e. The summed E-state index contributed by atoms with van der Waals surface area (Å²) < 4.78 is 4.99. The van der Waals surface area contributed by atoms with Gasteiger partial charge in [-0.15, -0.1) is 0 Å². The van der Waals surface area contributed by atoms with Crippen molar-refractivity contribution in [1.82, 2.24) is 15.4 Å². The maximum atomic E-state index is 12.4. The molecule has 3 N–H and O–H groups in total. The number of carbonyl (C=O) groups is 2. The predicted octanol–water partition coefficient (Wildman–Crippen LogP) is 1.74. The molecule has 0 bridgehead atoms. The van der Waals surface area contributed by atoms with E-state index in [1.54, 1.807) is 20.0 Å². The summed E-state index contributed by atoms with van der Waals surface area (Å²) in [6.45, 7) is 2.13. The van der Waals surface area contributed by atoms with Crippen LogP contribution in [0.15, 0.2) is 40.9 Å². The third-order valence-corrected chi connectivity index (χ3v) is 3.40. The lowest BCUT2D eigenvalue weighted by molar-refractivity contribution is -0.131. The second-order valence-corrected chi connectivity index (χ2v) is 5.35. The van der Waals surface area contributed by atoms with Crippen LogP contribution in [-0.2, 0) is 11.3 Å². The molecule has 7 heteroatoms. The maximum Gasteiger partial charge on any atom is 0.312 e. The lowest BCUT2D eigenvalue weighted by atomic mass is 10.0. The number of hydrogen-bond donors (Lipinski definition) is 2. The van der Waals surface area contributed by atoms with E-state index in [2.05, 4.69) is 10.5 Å². The van der Waals surface area contributed by atoms with Crippen LogP contribution in [0.4, 0.5) is 4.79 Å². The summed E-state index contributed by atoms with van der Waals surface area (Å²) in [5.41, 5.74) is 6.71. The second-order valence-electron chi connectivity index (χ2n) is 5.35. The molecule has 0 aliphatic rings. The number of nitrogens with two attached hydrogens (primary N) is 1. The normalized spacial score (nSPS) is 11.7. The van der Waals surface area contributed by atoms with Gasteiger partial charge in [-0.25, -0.2) is 4.79 Å². The molecule has 3 amide bonds. The Kier molecular flexibility index (Phi) is 5.35. The summed E-state index contributed by atoms with van der Waals surface area (Å²) in [5.74, 6) is 0.562. The number of aryl methyl sites for hydroxylation is 1. The summed E-state index contributed by atoms with van der Waals surface area (Å²) in [6.07, 6.45) is 0.111. The first-order chi connectivity index (χ1) is 11.0. The van der Waals surface area contributed by atoms with Crippen molar-refractivity contribution >= 4 is 11.9 Å². The van der Waals surface area contributed by atoms with E-state index in [0.717, 1.165) is 5.56 Å². The van der Waals surface area contributed by atoms with Crippen LogP contribution in [0.5, 0.6) is 0 Å². The highest BCUT2D eigenvalue weighted by Gasteiger charge is 2.20. The van der Waals surface area contributed by atoms with Gasteiger partial charge in [-0.05, 0) is 12.5 Å². The Balaban J connectivity index is 2.03. The number of amides is 3. The van der Waals surface area contributed by atoms with Crippen LogP contribution >= 0.6 is 0 Å². The fourth-order valence-corrected chi connectivity index (χ4v) is 2.26. The highest BCUT2D eigenvalue weighted by atomic mass is 16.5. The zero-order chi connectivity index (χ0) is 16.8. The zero-order valence-corrected chi connectivity index (χ0v) is 13.2. The highest BCUT2D eigenvalue weighted by Crippen LogP contribution is 2.18. The molecule has 122 valence electrons. The first-order valence-corrected chi connectivity index (χ1v) is 7.23. The Morgan fingerprint density at radius 2 is 2.04 bits per heavy atom. The van der Waals surface area contributed by atoms with Gasteiger partial charge in [-0.3, -0.25) is 4.79 Å². The monoisotopic (exact) mass is 316 g/mol. The van der Waals surface area contributed by atoms with Crippen molar-refractivity contribution in [3.63, 3.8) is 0 Å².